The molecule has 1 amide bonds. The molecule has 0 atom stereocenters. The van der Waals surface area contributed by atoms with Crippen molar-refractivity contribution in [2.24, 2.45) is 0 Å². The van der Waals surface area contributed by atoms with E-state index in [9.17, 15) is 10.1 Å². The molecule has 3 aromatic rings. The van der Waals surface area contributed by atoms with Gasteiger partial charge in [-0.05, 0) is 60.0 Å². The van der Waals surface area contributed by atoms with Gasteiger partial charge in [0.1, 0.15) is 18.2 Å². The Morgan fingerprint density at radius 3 is 2.40 bits per heavy atom. The van der Waals surface area contributed by atoms with Crippen molar-refractivity contribution in [1.29, 1.82) is 5.26 Å². The first-order valence-electron chi connectivity index (χ1n) is 9.39. The predicted octanol–water partition coefficient (Wildman–Crippen LogP) is 6.16. The van der Waals surface area contributed by atoms with Crippen LogP contribution >= 0.6 is 23.2 Å². The van der Waals surface area contributed by atoms with Gasteiger partial charge >= 0.3 is 0 Å². The average molecular weight is 439 g/mol. The average Bonchev–Trinajstić information content (AvgIpc) is 2.70. The molecule has 6 heteroatoms. The lowest BCUT2D eigenvalue weighted by atomic mass is 10.1. The van der Waals surface area contributed by atoms with Gasteiger partial charge in [-0.1, -0.05) is 59.6 Å². The third-order valence-electron chi connectivity index (χ3n) is 4.31. The number of hydrogen-bond acceptors (Lipinski definition) is 3. The van der Waals surface area contributed by atoms with Gasteiger partial charge in [0, 0.05) is 6.04 Å². The molecule has 0 bridgehead atoms. The summed E-state index contributed by atoms with van der Waals surface area (Å²) >= 11 is 12.7. The quantitative estimate of drug-likeness (QED) is 0.370. The molecule has 3 aromatic carbocycles. The van der Waals surface area contributed by atoms with Crippen LogP contribution in [0.2, 0.25) is 10.0 Å². The van der Waals surface area contributed by atoms with E-state index in [4.69, 9.17) is 27.9 Å². The molecule has 0 unspecified atom stereocenters. The number of benzene rings is 3. The smallest absolute Gasteiger partial charge is 0.262 e. The number of nitriles is 1. The van der Waals surface area contributed by atoms with E-state index in [0.29, 0.717) is 28.0 Å². The zero-order valence-corrected chi connectivity index (χ0v) is 18.1. The minimum Gasteiger partial charge on any atom is -0.486 e. The van der Waals surface area contributed by atoms with E-state index in [1.165, 1.54) is 6.08 Å². The van der Waals surface area contributed by atoms with Crippen molar-refractivity contribution in [2.45, 2.75) is 26.5 Å². The Hall–Kier alpha value is -3.00. The molecule has 30 heavy (non-hydrogen) atoms. The van der Waals surface area contributed by atoms with Gasteiger partial charge in [0.05, 0.1) is 10.0 Å². The molecule has 0 radical (unpaired) electrons. The van der Waals surface area contributed by atoms with E-state index in [1.807, 2.05) is 50.2 Å². The first-order valence-corrected chi connectivity index (χ1v) is 10.1. The standard InChI is InChI=1S/C24H20Cl2N2O2/c1-15(2)28-24(29)20(13-27)10-17-11-21(25)23(22(26)12-17)30-14-16-7-8-18-5-3-4-6-19(18)9-16/h3-12,15H,14H2,1-2H3,(H,28,29)/b20-10-. The van der Waals surface area contributed by atoms with Gasteiger partial charge in [0.2, 0.25) is 0 Å². The number of hydrogen-bond donors (Lipinski definition) is 1. The normalized spacial score (nSPS) is 11.4. The van der Waals surface area contributed by atoms with Crippen molar-refractivity contribution in [1.82, 2.24) is 5.32 Å². The SMILES string of the molecule is CC(C)NC(=O)/C(C#N)=C\c1cc(Cl)c(OCc2ccc3ccccc3c2)c(Cl)c1. The Labute approximate surface area is 185 Å². The van der Waals surface area contributed by atoms with Crippen molar-refractivity contribution in [3.05, 3.63) is 81.3 Å². The predicted molar refractivity (Wildman–Crippen MR) is 122 cm³/mol. The summed E-state index contributed by atoms with van der Waals surface area (Å²) in [6.07, 6.45) is 1.45. The summed E-state index contributed by atoms with van der Waals surface area (Å²) in [5.74, 6) is -0.0924. The summed E-state index contributed by atoms with van der Waals surface area (Å²) in [6, 6.07) is 19.2. The van der Waals surface area contributed by atoms with Crippen LogP contribution in [-0.4, -0.2) is 11.9 Å². The van der Waals surface area contributed by atoms with Crippen molar-refractivity contribution in [3.63, 3.8) is 0 Å². The Bertz CT molecular complexity index is 1140. The molecular weight excluding hydrogens is 419 g/mol. The van der Waals surface area contributed by atoms with Crippen LogP contribution in [0, 0.1) is 11.3 Å². The number of amides is 1. The largest absolute Gasteiger partial charge is 0.486 e. The topological polar surface area (TPSA) is 62.1 Å². The monoisotopic (exact) mass is 438 g/mol. The Kier molecular flexibility index (Phi) is 6.99. The van der Waals surface area contributed by atoms with Crippen LogP contribution in [0.5, 0.6) is 5.75 Å². The number of carbonyl (C=O) groups excluding carboxylic acids is 1. The minimum atomic E-state index is -0.448. The van der Waals surface area contributed by atoms with E-state index in [1.54, 1.807) is 12.1 Å². The summed E-state index contributed by atoms with van der Waals surface area (Å²) in [5, 5.41) is 14.8. The Balaban J connectivity index is 1.79. The lowest BCUT2D eigenvalue weighted by Gasteiger charge is -2.12. The maximum absolute atomic E-state index is 12.1. The molecule has 0 aromatic heterocycles. The molecule has 0 heterocycles. The molecule has 0 aliphatic rings. The number of halogens is 2. The fourth-order valence-corrected chi connectivity index (χ4v) is 3.55. The van der Waals surface area contributed by atoms with E-state index in [0.717, 1.165) is 16.3 Å². The molecule has 1 N–H and O–H groups in total. The van der Waals surface area contributed by atoms with Crippen LogP contribution in [-0.2, 0) is 11.4 Å². The van der Waals surface area contributed by atoms with Gasteiger partial charge < -0.3 is 10.1 Å². The highest BCUT2D eigenvalue weighted by atomic mass is 35.5. The number of carbonyl (C=O) groups is 1. The third kappa shape index (κ3) is 5.33. The van der Waals surface area contributed by atoms with Crippen LogP contribution in [0.25, 0.3) is 16.8 Å². The van der Waals surface area contributed by atoms with E-state index in [2.05, 4.69) is 17.4 Å². The molecule has 0 saturated carbocycles. The lowest BCUT2D eigenvalue weighted by Crippen LogP contribution is -2.30. The second-order valence-electron chi connectivity index (χ2n) is 7.08. The molecule has 152 valence electrons. The van der Waals surface area contributed by atoms with Crippen LogP contribution in [0.15, 0.2) is 60.2 Å². The van der Waals surface area contributed by atoms with Gasteiger partial charge in [-0.15, -0.1) is 0 Å². The number of nitrogens with one attached hydrogen (secondary N) is 1. The van der Waals surface area contributed by atoms with Crippen LogP contribution in [0.3, 0.4) is 0 Å². The van der Waals surface area contributed by atoms with Crippen LogP contribution in [0.4, 0.5) is 0 Å². The zero-order valence-electron chi connectivity index (χ0n) is 16.6. The summed E-state index contributed by atoms with van der Waals surface area (Å²) in [7, 11) is 0. The highest BCUT2D eigenvalue weighted by Gasteiger charge is 2.13. The molecular formula is C24H20Cl2N2O2. The van der Waals surface area contributed by atoms with Gasteiger partial charge in [-0.25, -0.2) is 0 Å². The van der Waals surface area contributed by atoms with Crippen LogP contribution in [0.1, 0.15) is 25.0 Å². The number of nitrogens with zero attached hydrogens (tertiary/aromatic N) is 1. The summed E-state index contributed by atoms with van der Waals surface area (Å²) in [4.78, 5) is 12.1. The maximum atomic E-state index is 12.1. The molecule has 0 aliphatic carbocycles. The molecule has 4 nitrogen and oxygen atoms in total. The second-order valence-corrected chi connectivity index (χ2v) is 7.90. The molecule has 0 aliphatic heterocycles. The number of fused-ring (bicyclic) bond motifs is 1. The first kappa shape index (κ1) is 21.7. The highest BCUT2D eigenvalue weighted by Crippen LogP contribution is 2.35. The minimum absolute atomic E-state index is 0.0272. The number of rotatable bonds is 6. The molecule has 0 spiro atoms. The molecule has 0 fully saturated rings. The highest BCUT2D eigenvalue weighted by molar-refractivity contribution is 6.37. The van der Waals surface area contributed by atoms with Crippen molar-refractivity contribution in [2.75, 3.05) is 0 Å². The van der Waals surface area contributed by atoms with E-state index in [-0.39, 0.29) is 11.6 Å². The third-order valence-corrected chi connectivity index (χ3v) is 4.88. The second kappa shape index (κ2) is 9.67. The molecule has 3 rings (SSSR count). The Morgan fingerprint density at radius 1 is 1.10 bits per heavy atom. The van der Waals surface area contributed by atoms with Crippen LogP contribution < -0.4 is 10.1 Å². The maximum Gasteiger partial charge on any atom is 0.262 e. The van der Waals surface area contributed by atoms with E-state index >= 15 is 0 Å². The summed E-state index contributed by atoms with van der Waals surface area (Å²) in [6.45, 7) is 3.95. The van der Waals surface area contributed by atoms with E-state index < -0.39 is 5.91 Å². The van der Waals surface area contributed by atoms with Gasteiger partial charge in [-0.2, -0.15) is 5.26 Å². The van der Waals surface area contributed by atoms with Crippen molar-refractivity contribution >= 4 is 46.0 Å². The van der Waals surface area contributed by atoms with Crippen molar-refractivity contribution in [3.8, 4) is 11.8 Å². The summed E-state index contributed by atoms with van der Waals surface area (Å²) in [5.41, 5.74) is 1.50. The van der Waals surface area contributed by atoms with Gasteiger partial charge in [-0.3, -0.25) is 4.79 Å². The number of ether oxygens (including phenoxy) is 1. The first-order chi connectivity index (χ1) is 14.4. The lowest BCUT2D eigenvalue weighted by molar-refractivity contribution is -0.117. The van der Waals surface area contributed by atoms with Crippen molar-refractivity contribution < 1.29 is 9.53 Å². The molecule has 0 saturated heterocycles. The Morgan fingerprint density at radius 2 is 1.77 bits per heavy atom. The fraction of sp³-hybridized carbons (Fsp3) is 0.167. The van der Waals surface area contributed by atoms with Gasteiger partial charge in [0.15, 0.2) is 5.75 Å². The zero-order chi connectivity index (χ0) is 21.7. The summed E-state index contributed by atoms with van der Waals surface area (Å²) < 4.78 is 5.86. The van der Waals surface area contributed by atoms with Gasteiger partial charge in [0.25, 0.3) is 5.91 Å². The fourth-order valence-electron chi connectivity index (χ4n) is 2.94.